The van der Waals surface area contributed by atoms with Gasteiger partial charge in [0.05, 0.1) is 30.5 Å². The standard InChI is InChI=1S/C15H17F3N4O/c1-10(2)13(9-22-19-7-8-20-22)21-14(23)11-3-5-12(6-4-11)15(16,17)18/h3-8,10,13H,9H2,1-2H3,(H,21,23)/t13-/m0/s1. The van der Waals surface area contributed by atoms with Crippen LogP contribution < -0.4 is 5.32 Å². The Kier molecular flexibility index (Phi) is 5.02. The summed E-state index contributed by atoms with van der Waals surface area (Å²) in [6, 6.07) is 3.89. The quantitative estimate of drug-likeness (QED) is 0.919. The van der Waals surface area contributed by atoms with Gasteiger partial charge >= 0.3 is 6.18 Å². The molecule has 5 nitrogen and oxygen atoms in total. The van der Waals surface area contributed by atoms with Crippen LogP contribution in [-0.2, 0) is 12.7 Å². The van der Waals surface area contributed by atoms with Gasteiger partial charge in [0.25, 0.3) is 5.91 Å². The first-order valence-corrected chi connectivity index (χ1v) is 7.09. The lowest BCUT2D eigenvalue weighted by atomic mass is 10.0. The Morgan fingerprint density at radius 3 is 2.22 bits per heavy atom. The summed E-state index contributed by atoms with van der Waals surface area (Å²) in [6.07, 6.45) is -1.34. The zero-order chi connectivity index (χ0) is 17.0. The van der Waals surface area contributed by atoms with Gasteiger partial charge in [-0.3, -0.25) is 4.79 Å². The molecule has 124 valence electrons. The van der Waals surface area contributed by atoms with Gasteiger partial charge < -0.3 is 5.32 Å². The van der Waals surface area contributed by atoms with Crippen LogP contribution in [0.15, 0.2) is 36.7 Å². The van der Waals surface area contributed by atoms with Gasteiger partial charge in [0.1, 0.15) is 0 Å². The number of hydrogen-bond donors (Lipinski definition) is 1. The van der Waals surface area contributed by atoms with E-state index in [0.29, 0.717) is 6.54 Å². The van der Waals surface area contributed by atoms with Gasteiger partial charge in [-0.1, -0.05) is 13.8 Å². The molecule has 8 heteroatoms. The summed E-state index contributed by atoms with van der Waals surface area (Å²) in [7, 11) is 0. The van der Waals surface area contributed by atoms with Gasteiger partial charge in [0.2, 0.25) is 0 Å². The molecule has 1 atom stereocenters. The second-order valence-electron chi connectivity index (χ2n) is 5.48. The number of nitrogens with zero attached hydrogens (tertiary/aromatic N) is 3. The van der Waals surface area contributed by atoms with Crippen LogP contribution in [0.4, 0.5) is 13.2 Å². The molecule has 23 heavy (non-hydrogen) atoms. The third-order valence-corrected chi connectivity index (χ3v) is 3.42. The highest BCUT2D eigenvalue weighted by Gasteiger charge is 2.30. The monoisotopic (exact) mass is 326 g/mol. The average Bonchev–Trinajstić information content (AvgIpc) is 2.98. The van der Waals surface area contributed by atoms with Crippen molar-refractivity contribution in [2.75, 3.05) is 0 Å². The third kappa shape index (κ3) is 4.54. The van der Waals surface area contributed by atoms with Crippen molar-refractivity contribution < 1.29 is 18.0 Å². The maximum atomic E-state index is 12.5. The highest BCUT2D eigenvalue weighted by molar-refractivity contribution is 5.94. The molecule has 0 unspecified atom stereocenters. The molecule has 2 rings (SSSR count). The van der Waals surface area contributed by atoms with Crippen molar-refractivity contribution in [2.24, 2.45) is 5.92 Å². The Morgan fingerprint density at radius 2 is 1.74 bits per heavy atom. The lowest BCUT2D eigenvalue weighted by Gasteiger charge is -2.22. The topological polar surface area (TPSA) is 59.8 Å². The fourth-order valence-electron chi connectivity index (χ4n) is 2.00. The number of hydrogen-bond acceptors (Lipinski definition) is 3. The Hall–Kier alpha value is -2.38. The molecule has 0 fully saturated rings. The predicted molar refractivity (Wildman–Crippen MR) is 77.6 cm³/mol. The van der Waals surface area contributed by atoms with Crippen molar-refractivity contribution in [3.63, 3.8) is 0 Å². The van der Waals surface area contributed by atoms with Gasteiger partial charge in [-0.25, -0.2) is 0 Å². The molecular formula is C15H17F3N4O. The molecule has 2 aromatic rings. The number of benzene rings is 1. The lowest BCUT2D eigenvalue weighted by molar-refractivity contribution is -0.137. The first-order chi connectivity index (χ1) is 10.8. The van der Waals surface area contributed by atoms with Crippen molar-refractivity contribution >= 4 is 5.91 Å². The number of nitrogens with one attached hydrogen (secondary N) is 1. The lowest BCUT2D eigenvalue weighted by Crippen LogP contribution is -2.42. The smallest absolute Gasteiger partial charge is 0.347 e. The molecule has 1 aromatic carbocycles. The summed E-state index contributed by atoms with van der Waals surface area (Å²) in [5.74, 6) is -0.316. The summed E-state index contributed by atoms with van der Waals surface area (Å²) in [4.78, 5) is 13.7. The number of carbonyl (C=O) groups is 1. The van der Waals surface area contributed by atoms with E-state index in [0.717, 1.165) is 12.1 Å². The van der Waals surface area contributed by atoms with E-state index in [9.17, 15) is 18.0 Å². The van der Waals surface area contributed by atoms with Crippen molar-refractivity contribution in [1.82, 2.24) is 20.3 Å². The fourth-order valence-corrected chi connectivity index (χ4v) is 2.00. The van der Waals surface area contributed by atoms with Crippen LogP contribution >= 0.6 is 0 Å². The van der Waals surface area contributed by atoms with E-state index >= 15 is 0 Å². The molecule has 0 aliphatic carbocycles. The summed E-state index contributed by atoms with van der Waals surface area (Å²) in [5, 5.41) is 10.8. The van der Waals surface area contributed by atoms with E-state index in [1.54, 1.807) is 0 Å². The highest BCUT2D eigenvalue weighted by Crippen LogP contribution is 2.29. The molecule has 0 bridgehead atoms. The number of carbonyl (C=O) groups excluding carboxylic acids is 1. The molecule has 1 aromatic heterocycles. The Bertz CT molecular complexity index is 636. The van der Waals surface area contributed by atoms with Crippen LogP contribution in [0.2, 0.25) is 0 Å². The molecule has 0 saturated heterocycles. The van der Waals surface area contributed by atoms with Crippen LogP contribution in [-0.4, -0.2) is 26.9 Å². The van der Waals surface area contributed by atoms with Crippen LogP contribution in [0, 0.1) is 5.92 Å². The van der Waals surface area contributed by atoms with Gasteiger partial charge in [0, 0.05) is 5.56 Å². The molecule has 1 heterocycles. The van der Waals surface area contributed by atoms with Gasteiger partial charge in [-0.05, 0) is 30.2 Å². The molecule has 0 aliphatic heterocycles. The largest absolute Gasteiger partial charge is 0.416 e. The van der Waals surface area contributed by atoms with E-state index in [-0.39, 0.29) is 17.5 Å². The minimum atomic E-state index is -4.42. The van der Waals surface area contributed by atoms with E-state index < -0.39 is 17.6 Å². The molecule has 0 saturated carbocycles. The van der Waals surface area contributed by atoms with Crippen LogP contribution in [0.25, 0.3) is 0 Å². The van der Waals surface area contributed by atoms with Gasteiger partial charge in [-0.2, -0.15) is 28.2 Å². The predicted octanol–water partition coefficient (Wildman–Crippen LogP) is 2.75. The van der Waals surface area contributed by atoms with E-state index in [1.807, 2.05) is 13.8 Å². The van der Waals surface area contributed by atoms with Crippen LogP contribution in [0.5, 0.6) is 0 Å². The average molecular weight is 326 g/mol. The van der Waals surface area contributed by atoms with Crippen molar-refractivity contribution in [3.05, 3.63) is 47.8 Å². The summed E-state index contributed by atoms with van der Waals surface area (Å²) < 4.78 is 37.6. The first-order valence-electron chi connectivity index (χ1n) is 7.09. The van der Waals surface area contributed by atoms with Gasteiger partial charge in [0.15, 0.2) is 0 Å². The summed E-state index contributed by atoms with van der Waals surface area (Å²) in [5.41, 5.74) is -0.604. The maximum Gasteiger partial charge on any atom is 0.416 e. The van der Waals surface area contributed by atoms with E-state index in [2.05, 4.69) is 15.5 Å². The zero-order valence-electron chi connectivity index (χ0n) is 12.7. The number of aromatic nitrogens is 3. The van der Waals surface area contributed by atoms with Crippen molar-refractivity contribution in [1.29, 1.82) is 0 Å². The van der Waals surface area contributed by atoms with Gasteiger partial charge in [-0.15, -0.1) is 0 Å². The summed E-state index contributed by atoms with van der Waals surface area (Å²) >= 11 is 0. The number of rotatable bonds is 5. The molecule has 0 radical (unpaired) electrons. The highest BCUT2D eigenvalue weighted by atomic mass is 19.4. The molecule has 1 amide bonds. The maximum absolute atomic E-state index is 12.5. The molecule has 1 N–H and O–H groups in total. The SMILES string of the molecule is CC(C)[C@H](Cn1nccn1)NC(=O)c1ccc(C(F)(F)F)cc1. The van der Waals surface area contributed by atoms with E-state index in [1.165, 1.54) is 29.3 Å². The molecule has 0 aliphatic rings. The van der Waals surface area contributed by atoms with Crippen molar-refractivity contribution in [2.45, 2.75) is 32.6 Å². The second-order valence-corrected chi connectivity index (χ2v) is 5.48. The first kappa shape index (κ1) is 17.0. The fraction of sp³-hybridized carbons (Fsp3) is 0.400. The third-order valence-electron chi connectivity index (χ3n) is 3.42. The number of halogens is 3. The normalized spacial score (nSPS) is 13.1. The second kappa shape index (κ2) is 6.80. The minimum absolute atomic E-state index is 0.111. The van der Waals surface area contributed by atoms with E-state index in [4.69, 9.17) is 0 Å². The number of amides is 1. The van der Waals surface area contributed by atoms with Crippen LogP contribution in [0.3, 0.4) is 0 Å². The Balaban J connectivity index is 2.06. The molecule has 0 spiro atoms. The van der Waals surface area contributed by atoms with Crippen molar-refractivity contribution in [3.8, 4) is 0 Å². The van der Waals surface area contributed by atoms with Crippen LogP contribution in [0.1, 0.15) is 29.8 Å². The zero-order valence-corrected chi connectivity index (χ0v) is 12.7. The Labute approximate surface area is 131 Å². The summed E-state index contributed by atoms with van der Waals surface area (Å²) in [6.45, 7) is 4.25. The Morgan fingerprint density at radius 1 is 1.17 bits per heavy atom. The minimum Gasteiger partial charge on any atom is -0.347 e. The number of alkyl halides is 3. The molecular weight excluding hydrogens is 309 g/mol.